The number of aliphatic hydroxyl groups is 2. The van der Waals surface area contributed by atoms with Crippen molar-refractivity contribution in [2.75, 3.05) is 26.4 Å². The molecule has 0 spiro atoms. The lowest BCUT2D eigenvalue weighted by atomic mass is 9.90. The Hall–Kier alpha value is -4.52. The Balaban J connectivity index is 0.000000340. The van der Waals surface area contributed by atoms with Crippen molar-refractivity contribution in [2.45, 2.75) is 114 Å². The highest BCUT2D eigenvalue weighted by atomic mass is 19.4. The van der Waals surface area contributed by atoms with Gasteiger partial charge >= 0.3 is 24.7 Å². The molecule has 6 nitrogen and oxygen atoms in total. The summed E-state index contributed by atoms with van der Waals surface area (Å²) in [5, 5.41) is 18.7. The minimum Gasteiger partial charge on any atom is -0.493 e. The molecule has 356 valence electrons. The van der Waals surface area contributed by atoms with Crippen LogP contribution in [-0.2, 0) is 50.4 Å². The van der Waals surface area contributed by atoms with Gasteiger partial charge in [-0.25, -0.2) is 0 Å². The molecule has 4 aromatic carbocycles. The molecule has 0 aliphatic rings. The van der Waals surface area contributed by atoms with Crippen molar-refractivity contribution in [1.82, 2.24) is 0 Å². The van der Waals surface area contributed by atoms with Gasteiger partial charge in [-0.15, -0.1) is 0 Å². The molecule has 0 saturated heterocycles. The van der Waals surface area contributed by atoms with Crippen LogP contribution < -0.4 is 20.9 Å². The highest BCUT2D eigenvalue weighted by Gasteiger charge is 2.36. The molecule has 0 aliphatic carbocycles. The maximum Gasteiger partial charge on any atom is 0.419 e. The molecule has 6 N–H and O–H groups in total. The summed E-state index contributed by atoms with van der Waals surface area (Å²) >= 11 is 0. The normalized spacial score (nSPS) is 14.3. The van der Waals surface area contributed by atoms with Gasteiger partial charge in [0, 0.05) is 11.1 Å². The molecule has 4 aromatic rings. The number of alkyl halides is 12. The van der Waals surface area contributed by atoms with Gasteiger partial charge < -0.3 is 31.2 Å². The number of hydrogen-bond acceptors (Lipinski definition) is 6. The first-order chi connectivity index (χ1) is 29.8. The van der Waals surface area contributed by atoms with E-state index in [9.17, 15) is 62.9 Å². The zero-order valence-corrected chi connectivity index (χ0v) is 35.4. The molecular weight excluding hydrogens is 872 g/mol. The summed E-state index contributed by atoms with van der Waals surface area (Å²) in [4.78, 5) is 0. The second kappa shape index (κ2) is 23.1. The fourth-order valence-corrected chi connectivity index (χ4v) is 6.32. The molecule has 0 amide bonds. The molecule has 64 heavy (non-hydrogen) atoms. The fourth-order valence-electron chi connectivity index (χ4n) is 6.32. The van der Waals surface area contributed by atoms with Crippen LogP contribution in [-0.4, -0.2) is 47.7 Å². The SMILES string of the molecule is CC[C@@](N)(CO)CCc1ccc(OCCCc2ccc(C(F)(F)F)cc2)c(C(F)(F)F)c1.CC[C@](N)(CO)CCc1ccc(OCCCc2ccc(C(F)(F)F)cc2)c(C(F)(F)F)c1. The van der Waals surface area contributed by atoms with Gasteiger partial charge in [0.1, 0.15) is 11.5 Å². The van der Waals surface area contributed by atoms with Gasteiger partial charge in [0.25, 0.3) is 0 Å². The van der Waals surface area contributed by atoms with Crippen LogP contribution in [0.3, 0.4) is 0 Å². The van der Waals surface area contributed by atoms with E-state index in [1.807, 2.05) is 0 Å². The summed E-state index contributed by atoms with van der Waals surface area (Å²) in [6.45, 7) is 3.06. The van der Waals surface area contributed by atoms with Crippen LogP contribution >= 0.6 is 0 Å². The lowest BCUT2D eigenvalue weighted by Crippen LogP contribution is -2.43. The molecule has 0 bridgehead atoms. The molecule has 0 aromatic heterocycles. The lowest BCUT2D eigenvalue weighted by Gasteiger charge is -2.25. The van der Waals surface area contributed by atoms with Gasteiger partial charge in [0.15, 0.2) is 0 Å². The van der Waals surface area contributed by atoms with Crippen LogP contribution in [0.2, 0.25) is 0 Å². The number of halogens is 12. The first-order valence-electron chi connectivity index (χ1n) is 20.5. The predicted octanol–water partition coefficient (Wildman–Crippen LogP) is 11.5. The van der Waals surface area contributed by atoms with E-state index >= 15 is 0 Å². The molecule has 0 heterocycles. The van der Waals surface area contributed by atoms with Crippen molar-refractivity contribution in [3.63, 3.8) is 0 Å². The largest absolute Gasteiger partial charge is 0.493 e. The van der Waals surface area contributed by atoms with Crippen LogP contribution in [0.1, 0.15) is 96.9 Å². The fraction of sp³-hybridized carbons (Fsp3) is 0.478. The molecule has 2 atom stereocenters. The van der Waals surface area contributed by atoms with Crippen molar-refractivity contribution in [2.24, 2.45) is 11.5 Å². The van der Waals surface area contributed by atoms with Gasteiger partial charge in [-0.2, -0.15) is 52.7 Å². The number of aliphatic hydroxyl groups excluding tert-OH is 2. The Bertz CT molecular complexity index is 1860. The number of aryl methyl sites for hydroxylation is 4. The quantitative estimate of drug-likeness (QED) is 0.0519. The second-order valence-electron chi connectivity index (χ2n) is 15.7. The molecular formula is C46H54F12N2O4. The topological polar surface area (TPSA) is 111 Å². The van der Waals surface area contributed by atoms with Gasteiger partial charge in [0.05, 0.1) is 48.7 Å². The Morgan fingerprint density at radius 3 is 1.02 bits per heavy atom. The Kier molecular flexibility index (Phi) is 19.4. The minimum absolute atomic E-state index is 0.0181. The third-order valence-corrected chi connectivity index (χ3v) is 10.9. The first kappa shape index (κ1) is 53.8. The monoisotopic (exact) mass is 926 g/mol. The van der Waals surface area contributed by atoms with E-state index in [1.165, 1.54) is 48.5 Å². The van der Waals surface area contributed by atoms with E-state index in [-0.39, 0.29) is 50.8 Å². The average molecular weight is 927 g/mol. The van der Waals surface area contributed by atoms with E-state index < -0.39 is 58.0 Å². The number of hydrogen-bond donors (Lipinski definition) is 4. The van der Waals surface area contributed by atoms with Gasteiger partial charge in [-0.05, 0) is 135 Å². The Morgan fingerprint density at radius 2 is 0.750 bits per heavy atom. The maximum atomic E-state index is 13.5. The second-order valence-corrected chi connectivity index (χ2v) is 15.7. The highest BCUT2D eigenvalue weighted by Crippen LogP contribution is 2.39. The van der Waals surface area contributed by atoms with Gasteiger partial charge in [0.2, 0.25) is 0 Å². The molecule has 0 fully saturated rings. The minimum atomic E-state index is -4.61. The van der Waals surface area contributed by atoms with Crippen LogP contribution in [0.25, 0.3) is 0 Å². The first-order valence-corrected chi connectivity index (χ1v) is 20.5. The van der Waals surface area contributed by atoms with Gasteiger partial charge in [-0.3, -0.25) is 0 Å². The zero-order valence-electron chi connectivity index (χ0n) is 35.4. The van der Waals surface area contributed by atoms with E-state index in [1.54, 1.807) is 13.8 Å². The van der Waals surface area contributed by atoms with E-state index in [0.29, 0.717) is 73.6 Å². The molecule has 4 rings (SSSR count). The zero-order chi connectivity index (χ0) is 48.0. The number of nitrogens with two attached hydrogens (primary N) is 2. The van der Waals surface area contributed by atoms with E-state index in [0.717, 1.165) is 36.4 Å². The summed E-state index contributed by atoms with van der Waals surface area (Å²) in [5.41, 5.74) is 9.18. The molecule has 0 aliphatic heterocycles. The summed E-state index contributed by atoms with van der Waals surface area (Å²) in [6.07, 6.45) is -14.4. The number of ether oxygens (including phenoxy) is 2. The molecule has 0 radical (unpaired) electrons. The lowest BCUT2D eigenvalue weighted by molar-refractivity contribution is -0.139. The molecule has 0 unspecified atom stereocenters. The predicted molar refractivity (Wildman–Crippen MR) is 219 cm³/mol. The van der Waals surface area contributed by atoms with Crippen molar-refractivity contribution in [1.29, 1.82) is 0 Å². The molecule has 0 saturated carbocycles. The smallest absolute Gasteiger partial charge is 0.419 e. The summed E-state index contributed by atoms with van der Waals surface area (Å²) < 4.78 is 167. The van der Waals surface area contributed by atoms with E-state index in [4.69, 9.17) is 20.9 Å². The van der Waals surface area contributed by atoms with Crippen molar-refractivity contribution < 1.29 is 72.4 Å². The standard InChI is InChI=1S/2C23H27F6NO2/c2*1-2-21(30,15-31)12-11-17-7-10-20(19(14-17)23(27,28)29)32-13-3-4-16-5-8-18(9-6-16)22(24,25)26/h2*5-10,14,31H,2-4,11-13,15,30H2,1H3/t2*21-/m10/s1. The van der Waals surface area contributed by atoms with Crippen LogP contribution in [0.5, 0.6) is 11.5 Å². The third kappa shape index (κ3) is 17.1. The van der Waals surface area contributed by atoms with Gasteiger partial charge in [-0.1, -0.05) is 50.2 Å². The summed E-state index contributed by atoms with van der Waals surface area (Å²) in [6, 6.07) is 16.9. The molecule has 18 heteroatoms. The van der Waals surface area contributed by atoms with Crippen molar-refractivity contribution in [3.05, 3.63) is 129 Å². The maximum absolute atomic E-state index is 13.5. The number of rotatable bonds is 20. The van der Waals surface area contributed by atoms with Crippen molar-refractivity contribution >= 4 is 0 Å². The third-order valence-electron chi connectivity index (χ3n) is 10.9. The Morgan fingerprint density at radius 1 is 0.438 bits per heavy atom. The van der Waals surface area contributed by atoms with Crippen LogP contribution in [0.4, 0.5) is 52.7 Å². The summed E-state index contributed by atoms with van der Waals surface area (Å²) in [5.74, 6) is -0.601. The highest BCUT2D eigenvalue weighted by molar-refractivity contribution is 5.41. The number of benzene rings is 4. The summed E-state index contributed by atoms with van der Waals surface area (Å²) in [7, 11) is 0. The Labute approximate surface area is 364 Å². The average Bonchev–Trinajstić information content (AvgIpc) is 3.24. The van der Waals surface area contributed by atoms with E-state index in [2.05, 4.69) is 0 Å². The van der Waals surface area contributed by atoms with Crippen molar-refractivity contribution in [3.8, 4) is 11.5 Å². The van der Waals surface area contributed by atoms with Crippen LogP contribution in [0, 0.1) is 0 Å². The van der Waals surface area contributed by atoms with Crippen LogP contribution in [0.15, 0.2) is 84.9 Å².